The van der Waals surface area contributed by atoms with E-state index in [2.05, 4.69) is 5.32 Å². The van der Waals surface area contributed by atoms with Gasteiger partial charge in [0, 0.05) is 24.4 Å². The molecule has 0 heterocycles. The van der Waals surface area contributed by atoms with E-state index in [0.717, 1.165) is 5.56 Å². The van der Waals surface area contributed by atoms with E-state index in [4.69, 9.17) is 16.2 Å². The van der Waals surface area contributed by atoms with Gasteiger partial charge in [-0.25, -0.2) is 0 Å². The maximum Gasteiger partial charge on any atom is 0.307 e. The van der Waals surface area contributed by atoms with Gasteiger partial charge in [-0.15, -0.1) is 0 Å². The lowest BCUT2D eigenvalue weighted by Crippen LogP contribution is -2.37. The summed E-state index contributed by atoms with van der Waals surface area (Å²) in [6, 6.07) is 15.7. The fraction of sp³-hybridized carbons (Fsp3) is 0.346. The summed E-state index contributed by atoms with van der Waals surface area (Å²) in [6.07, 6.45) is -0.574. The van der Waals surface area contributed by atoms with Gasteiger partial charge in [-0.05, 0) is 36.1 Å². The molecule has 0 bridgehead atoms. The molecule has 192 valence electrons. The average Bonchev–Trinajstić information content (AvgIpc) is 2.85. The van der Waals surface area contributed by atoms with E-state index in [1.807, 2.05) is 6.07 Å². The number of benzene rings is 2. The number of Topliss-reactive ketones (excluding diaryl/α,β-unsaturated/α-hetero) is 1. The van der Waals surface area contributed by atoms with Crippen LogP contribution in [-0.2, 0) is 41.7 Å². The number of esters is 1. The Kier molecular flexibility index (Phi) is 11.1. The zero-order chi connectivity index (χ0) is 26.5. The van der Waals surface area contributed by atoms with Crippen LogP contribution >= 0.6 is 0 Å². The van der Waals surface area contributed by atoms with Crippen molar-refractivity contribution in [1.29, 1.82) is 0 Å². The Morgan fingerprint density at radius 3 is 2.17 bits per heavy atom. The topological polar surface area (TPSA) is 179 Å². The lowest BCUT2D eigenvalue weighted by molar-refractivity contribution is -0.148. The van der Waals surface area contributed by atoms with E-state index < -0.39 is 47.9 Å². The molecule has 2 aromatic rings. The number of anilines is 1. The second kappa shape index (κ2) is 14.2. The van der Waals surface area contributed by atoms with Crippen LogP contribution in [0.15, 0.2) is 54.6 Å². The van der Waals surface area contributed by atoms with Crippen LogP contribution in [0.3, 0.4) is 0 Å². The highest BCUT2D eigenvalue weighted by atomic mass is 16.5. The Labute approximate surface area is 209 Å². The number of carboxylic acid groups (broad SMARTS) is 1. The number of ketones is 1. The number of carbonyl (C=O) groups is 5. The molecule has 0 aliphatic rings. The van der Waals surface area contributed by atoms with Crippen LogP contribution < -0.4 is 16.8 Å². The number of primary amides is 1. The number of amides is 2. The van der Waals surface area contributed by atoms with Crippen molar-refractivity contribution in [3.8, 4) is 0 Å². The molecule has 10 heteroatoms. The van der Waals surface area contributed by atoms with Gasteiger partial charge in [0.05, 0.1) is 18.9 Å². The smallest absolute Gasteiger partial charge is 0.307 e. The molecule has 2 aromatic carbocycles. The average molecular weight is 498 g/mol. The summed E-state index contributed by atoms with van der Waals surface area (Å²) >= 11 is 0. The summed E-state index contributed by atoms with van der Waals surface area (Å²) in [5.41, 5.74) is 12.9. The Morgan fingerprint density at radius 1 is 0.889 bits per heavy atom. The Hall–Kier alpha value is -4.21. The van der Waals surface area contributed by atoms with Crippen molar-refractivity contribution in [3.05, 3.63) is 65.7 Å². The first-order chi connectivity index (χ1) is 17.1. The maximum atomic E-state index is 12.7. The Bertz CT molecular complexity index is 1050. The zero-order valence-electron chi connectivity index (χ0n) is 19.9. The SMILES string of the molecule is NC(=O)CC[C@H](CC(=O)OCc1ccccc1)C(=O)NCC(=O)C[C@@H](Cc1ccc(N)cc1)C(=O)O. The Balaban J connectivity index is 1.89. The van der Waals surface area contributed by atoms with E-state index in [1.54, 1.807) is 48.5 Å². The van der Waals surface area contributed by atoms with Crippen molar-refractivity contribution in [2.75, 3.05) is 12.3 Å². The first kappa shape index (κ1) is 28.0. The van der Waals surface area contributed by atoms with Crippen molar-refractivity contribution in [2.45, 2.75) is 38.7 Å². The molecule has 0 radical (unpaired) electrons. The van der Waals surface area contributed by atoms with Crippen LogP contribution in [0, 0.1) is 11.8 Å². The molecular formula is C26H31N3O7. The van der Waals surface area contributed by atoms with Crippen LogP contribution in [0.5, 0.6) is 0 Å². The number of nitrogens with one attached hydrogen (secondary N) is 1. The second-order valence-electron chi connectivity index (χ2n) is 8.49. The van der Waals surface area contributed by atoms with Crippen molar-refractivity contribution in [2.24, 2.45) is 17.6 Å². The van der Waals surface area contributed by atoms with E-state index in [1.165, 1.54) is 0 Å². The molecular weight excluding hydrogens is 466 g/mol. The van der Waals surface area contributed by atoms with Crippen LogP contribution in [-0.4, -0.2) is 41.2 Å². The molecule has 0 saturated carbocycles. The number of aliphatic carboxylic acids is 1. The minimum absolute atomic E-state index is 0.00465. The molecule has 36 heavy (non-hydrogen) atoms. The summed E-state index contributed by atoms with van der Waals surface area (Å²) < 4.78 is 5.21. The molecule has 2 atom stereocenters. The second-order valence-corrected chi connectivity index (χ2v) is 8.49. The third-order valence-corrected chi connectivity index (χ3v) is 5.51. The zero-order valence-corrected chi connectivity index (χ0v) is 19.9. The fourth-order valence-corrected chi connectivity index (χ4v) is 3.50. The highest BCUT2D eigenvalue weighted by Gasteiger charge is 2.26. The van der Waals surface area contributed by atoms with Crippen molar-refractivity contribution < 1.29 is 33.8 Å². The number of hydrogen-bond acceptors (Lipinski definition) is 7. The number of hydrogen-bond donors (Lipinski definition) is 4. The first-order valence-electron chi connectivity index (χ1n) is 11.5. The van der Waals surface area contributed by atoms with E-state index in [0.29, 0.717) is 11.3 Å². The Morgan fingerprint density at radius 2 is 1.56 bits per heavy atom. The maximum absolute atomic E-state index is 12.7. The molecule has 10 nitrogen and oxygen atoms in total. The normalized spacial score (nSPS) is 12.2. The van der Waals surface area contributed by atoms with Crippen molar-refractivity contribution >= 4 is 35.2 Å². The molecule has 0 aromatic heterocycles. The van der Waals surface area contributed by atoms with Gasteiger partial charge in [-0.1, -0.05) is 42.5 Å². The van der Waals surface area contributed by atoms with Gasteiger partial charge in [0.15, 0.2) is 5.78 Å². The third-order valence-electron chi connectivity index (χ3n) is 5.51. The molecule has 2 rings (SSSR count). The number of carbonyl (C=O) groups excluding carboxylic acids is 4. The predicted molar refractivity (Wildman–Crippen MR) is 131 cm³/mol. The van der Waals surface area contributed by atoms with Crippen LogP contribution in [0.1, 0.15) is 36.8 Å². The van der Waals surface area contributed by atoms with Gasteiger partial charge in [0.25, 0.3) is 0 Å². The number of carboxylic acids is 1. The molecule has 0 spiro atoms. The van der Waals surface area contributed by atoms with Crippen molar-refractivity contribution in [1.82, 2.24) is 5.32 Å². The lowest BCUT2D eigenvalue weighted by atomic mass is 9.94. The van der Waals surface area contributed by atoms with Crippen LogP contribution in [0.25, 0.3) is 0 Å². The van der Waals surface area contributed by atoms with Crippen molar-refractivity contribution in [3.63, 3.8) is 0 Å². The molecule has 0 fully saturated rings. The number of nitrogen functional groups attached to an aromatic ring is 1. The molecule has 0 aliphatic carbocycles. The van der Waals surface area contributed by atoms with Gasteiger partial charge >= 0.3 is 11.9 Å². The molecule has 0 unspecified atom stereocenters. The first-order valence-corrected chi connectivity index (χ1v) is 11.5. The summed E-state index contributed by atoms with van der Waals surface area (Å²) in [4.78, 5) is 60.2. The van der Waals surface area contributed by atoms with Gasteiger partial charge in [-0.2, -0.15) is 0 Å². The molecule has 0 aliphatic heterocycles. The van der Waals surface area contributed by atoms with Gasteiger partial charge in [-0.3, -0.25) is 24.0 Å². The van der Waals surface area contributed by atoms with Crippen LogP contribution in [0.4, 0.5) is 5.69 Å². The summed E-state index contributed by atoms with van der Waals surface area (Å²) in [5, 5.41) is 11.9. The van der Waals surface area contributed by atoms with Gasteiger partial charge in [0.1, 0.15) is 6.61 Å². The largest absolute Gasteiger partial charge is 0.481 e. The van der Waals surface area contributed by atoms with Crippen LogP contribution in [0.2, 0.25) is 0 Å². The number of ether oxygens (including phenoxy) is 1. The fourth-order valence-electron chi connectivity index (χ4n) is 3.50. The summed E-state index contributed by atoms with van der Waals surface area (Å²) in [5.74, 6) is -5.40. The minimum Gasteiger partial charge on any atom is -0.481 e. The standard InChI is InChI=1S/C26H31N3O7/c27-21-9-6-17(7-10-21)12-20(26(34)35)13-22(30)15-29-25(33)19(8-11-23(28)31)14-24(32)36-16-18-4-2-1-3-5-18/h1-7,9-10,19-20H,8,11-16,27H2,(H2,28,31)(H,29,33)(H,34,35)/t19-,20-/m1/s1. The predicted octanol–water partition coefficient (Wildman–Crippen LogP) is 1.60. The van der Waals surface area contributed by atoms with E-state index in [-0.39, 0.29) is 38.7 Å². The number of nitrogens with two attached hydrogens (primary N) is 2. The molecule has 2 amide bonds. The minimum atomic E-state index is -1.13. The highest BCUT2D eigenvalue weighted by Crippen LogP contribution is 2.16. The monoisotopic (exact) mass is 497 g/mol. The molecule has 6 N–H and O–H groups in total. The third kappa shape index (κ3) is 10.4. The highest BCUT2D eigenvalue weighted by molar-refractivity contribution is 5.90. The number of rotatable bonds is 15. The van der Waals surface area contributed by atoms with E-state index >= 15 is 0 Å². The van der Waals surface area contributed by atoms with Gasteiger partial charge in [0.2, 0.25) is 11.8 Å². The molecule has 0 saturated heterocycles. The quantitative estimate of drug-likeness (QED) is 0.212. The van der Waals surface area contributed by atoms with Gasteiger partial charge < -0.3 is 26.6 Å². The summed E-state index contributed by atoms with van der Waals surface area (Å²) in [6.45, 7) is -0.372. The summed E-state index contributed by atoms with van der Waals surface area (Å²) in [7, 11) is 0. The van der Waals surface area contributed by atoms with E-state index in [9.17, 15) is 29.1 Å². The lowest BCUT2D eigenvalue weighted by Gasteiger charge is -2.16.